The van der Waals surface area contributed by atoms with Crippen LogP contribution in [0, 0.1) is 0 Å². The minimum Gasteiger partial charge on any atom is -0.497 e. The molecule has 0 fully saturated rings. The molecule has 0 N–H and O–H groups in total. The Labute approximate surface area is 235 Å². The van der Waals surface area contributed by atoms with E-state index in [1.165, 1.54) is 7.11 Å². The Bertz CT molecular complexity index is 1730. The Hall–Kier alpha value is -5.44. The van der Waals surface area contributed by atoms with Crippen LogP contribution in [0.25, 0.3) is 10.9 Å². The lowest BCUT2D eigenvalue weighted by atomic mass is 10.1. The first-order chi connectivity index (χ1) is 20.0. The summed E-state index contributed by atoms with van der Waals surface area (Å²) in [6.45, 7) is 0.190. The van der Waals surface area contributed by atoms with Crippen LogP contribution < -0.4 is 9.47 Å². The fourth-order valence-corrected chi connectivity index (χ4v) is 4.33. The van der Waals surface area contributed by atoms with Crippen molar-refractivity contribution < 1.29 is 33.3 Å². The number of nitrogens with zero attached hydrogens (tertiary/aromatic N) is 2. The average Bonchev–Trinajstić information content (AvgIpc) is 3.35. The van der Waals surface area contributed by atoms with Crippen LogP contribution in [-0.2, 0) is 22.6 Å². The largest absolute Gasteiger partial charge is 0.497 e. The van der Waals surface area contributed by atoms with Gasteiger partial charge >= 0.3 is 17.9 Å². The smallest absolute Gasteiger partial charge is 0.345 e. The predicted molar refractivity (Wildman–Crippen MR) is 150 cm³/mol. The Morgan fingerprint density at radius 2 is 1.51 bits per heavy atom. The molecule has 0 bridgehead atoms. The third kappa shape index (κ3) is 6.09. The van der Waals surface area contributed by atoms with Crippen molar-refractivity contribution in [3.05, 3.63) is 125 Å². The van der Waals surface area contributed by atoms with Crippen LogP contribution in [0.1, 0.15) is 42.2 Å². The molecule has 41 heavy (non-hydrogen) atoms. The van der Waals surface area contributed by atoms with Crippen LogP contribution in [0.3, 0.4) is 0 Å². The molecule has 0 saturated heterocycles. The van der Waals surface area contributed by atoms with Crippen LogP contribution in [0.2, 0.25) is 0 Å². The van der Waals surface area contributed by atoms with Gasteiger partial charge in [0.15, 0.2) is 0 Å². The standard InChI is InChI=1S/C32H26N2O7/c1-38-25-15-16-28-27(18-25)29(33-34(28)19-21-9-8-13-23(17-21)30(35)39-2)41-32(37)26-14-7-6-12-24(26)20-40-31(36)22-10-4-3-5-11-22/h3-18H,19-20H2,1-2H3. The molecule has 5 rings (SSSR count). The van der Waals surface area contributed by atoms with Gasteiger partial charge in [-0.3, -0.25) is 4.68 Å². The molecule has 0 aliphatic carbocycles. The molecule has 5 aromatic rings. The van der Waals surface area contributed by atoms with Gasteiger partial charge in [-0.1, -0.05) is 48.5 Å². The van der Waals surface area contributed by atoms with Gasteiger partial charge < -0.3 is 18.9 Å². The normalized spacial score (nSPS) is 10.7. The lowest BCUT2D eigenvalue weighted by Gasteiger charge is -2.09. The van der Waals surface area contributed by atoms with Crippen molar-refractivity contribution in [2.24, 2.45) is 0 Å². The number of hydrogen-bond donors (Lipinski definition) is 0. The number of benzene rings is 4. The molecule has 0 aliphatic heterocycles. The van der Waals surface area contributed by atoms with Crippen LogP contribution >= 0.6 is 0 Å². The third-order valence-corrected chi connectivity index (χ3v) is 6.40. The maximum absolute atomic E-state index is 13.4. The number of methoxy groups -OCH3 is 2. The van der Waals surface area contributed by atoms with Crippen molar-refractivity contribution in [1.82, 2.24) is 9.78 Å². The highest BCUT2D eigenvalue weighted by molar-refractivity contribution is 5.96. The number of rotatable bonds is 9. The highest BCUT2D eigenvalue weighted by Crippen LogP contribution is 2.30. The van der Waals surface area contributed by atoms with Gasteiger partial charge in [0, 0.05) is 5.56 Å². The maximum Gasteiger partial charge on any atom is 0.345 e. The Kier molecular flexibility index (Phi) is 8.05. The van der Waals surface area contributed by atoms with Crippen LogP contribution in [0.5, 0.6) is 11.6 Å². The van der Waals surface area contributed by atoms with E-state index in [0.29, 0.717) is 39.9 Å². The van der Waals surface area contributed by atoms with E-state index in [1.54, 1.807) is 90.7 Å². The molecule has 0 amide bonds. The van der Waals surface area contributed by atoms with Crippen LogP contribution in [-0.4, -0.2) is 41.9 Å². The SMILES string of the molecule is COC(=O)c1cccc(Cn2nc(OC(=O)c3ccccc3COC(=O)c3ccccc3)c3cc(OC)ccc32)c1. The summed E-state index contributed by atoms with van der Waals surface area (Å²) in [5, 5.41) is 5.14. The molecule has 0 spiro atoms. The van der Waals surface area contributed by atoms with Gasteiger partial charge in [0.05, 0.1) is 48.4 Å². The average molecular weight is 551 g/mol. The first-order valence-electron chi connectivity index (χ1n) is 12.7. The molecule has 0 unspecified atom stereocenters. The lowest BCUT2D eigenvalue weighted by molar-refractivity contribution is 0.0466. The summed E-state index contributed by atoms with van der Waals surface area (Å²) >= 11 is 0. The van der Waals surface area contributed by atoms with Crippen molar-refractivity contribution in [3.8, 4) is 11.6 Å². The molecule has 206 valence electrons. The van der Waals surface area contributed by atoms with Crippen LogP contribution in [0.15, 0.2) is 97.1 Å². The van der Waals surface area contributed by atoms with E-state index in [0.717, 1.165) is 5.56 Å². The molecule has 9 nitrogen and oxygen atoms in total. The highest BCUT2D eigenvalue weighted by Gasteiger charge is 2.20. The second kappa shape index (κ2) is 12.2. The number of fused-ring (bicyclic) bond motifs is 1. The number of carbonyl (C=O) groups excluding carboxylic acids is 3. The van der Waals surface area contributed by atoms with E-state index in [1.807, 2.05) is 18.2 Å². The van der Waals surface area contributed by atoms with Gasteiger partial charge in [0.1, 0.15) is 12.4 Å². The summed E-state index contributed by atoms with van der Waals surface area (Å²) in [5.41, 5.74) is 3.06. The fraction of sp³-hybridized carbons (Fsp3) is 0.125. The second-order valence-corrected chi connectivity index (χ2v) is 9.03. The topological polar surface area (TPSA) is 106 Å². The molecule has 0 aliphatic rings. The van der Waals surface area contributed by atoms with Gasteiger partial charge in [-0.2, -0.15) is 0 Å². The van der Waals surface area contributed by atoms with E-state index in [9.17, 15) is 14.4 Å². The molecule has 0 radical (unpaired) electrons. The van der Waals surface area contributed by atoms with Gasteiger partial charge in [-0.15, -0.1) is 5.10 Å². The number of ether oxygens (including phenoxy) is 4. The second-order valence-electron chi connectivity index (χ2n) is 9.03. The number of hydrogen-bond acceptors (Lipinski definition) is 8. The van der Waals surface area contributed by atoms with E-state index < -0.39 is 17.9 Å². The third-order valence-electron chi connectivity index (χ3n) is 6.40. The molecular formula is C32H26N2O7. The van der Waals surface area contributed by atoms with Gasteiger partial charge in [-0.05, 0) is 54.1 Å². The summed E-state index contributed by atoms with van der Waals surface area (Å²) in [6, 6.07) is 27.7. The monoisotopic (exact) mass is 550 g/mol. The molecule has 0 saturated carbocycles. The summed E-state index contributed by atoms with van der Waals surface area (Å²) < 4.78 is 23.1. The van der Waals surface area contributed by atoms with Crippen molar-refractivity contribution in [1.29, 1.82) is 0 Å². The molecular weight excluding hydrogens is 524 g/mol. The summed E-state index contributed by atoms with van der Waals surface area (Å²) in [7, 11) is 2.87. The summed E-state index contributed by atoms with van der Waals surface area (Å²) in [4.78, 5) is 37.8. The first-order valence-corrected chi connectivity index (χ1v) is 12.7. The van der Waals surface area contributed by atoms with Crippen molar-refractivity contribution in [2.75, 3.05) is 14.2 Å². The lowest BCUT2D eigenvalue weighted by Crippen LogP contribution is -2.14. The van der Waals surface area contributed by atoms with Crippen molar-refractivity contribution >= 4 is 28.8 Å². The zero-order valence-corrected chi connectivity index (χ0v) is 22.4. The fourth-order valence-electron chi connectivity index (χ4n) is 4.33. The quantitative estimate of drug-likeness (QED) is 0.223. The maximum atomic E-state index is 13.4. The highest BCUT2D eigenvalue weighted by atomic mass is 16.5. The molecule has 9 heteroatoms. The van der Waals surface area contributed by atoms with E-state index in [-0.39, 0.29) is 18.1 Å². The summed E-state index contributed by atoms with van der Waals surface area (Å²) in [5.74, 6) is -0.940. The predicted octanol–water partition coefficient (Wildman–Crippen LogP) is 5.46. The summed E-state index contributed by atoms with van der Waals surface area (Å²) in [6.07, 6.45) is 0. The molecule has 0 atom stereocenters. The molecule has 1 heterocycles. The zero-order chi connectivity index (χ0) is 28.8. The number of aromatic nitrogens is 2. The minimum atomic E-state index is -0.654. The van der Waals surface area contributed by atoms with E-state index >= 15 is 0 Å². The zero-order valence-electron chi connectivity index (χ0n) is 22.4. The number of esters is 3. The van der Waals surface area contributed by atoms with Crippen LogP contribution in [0.4, 0.5) is 0 Å². The van der Waals surface area contributed by atoms with Gasteiger partial charge in [0.25, 0.3) is 0 Å². The first kappa shape index (κ1) is 27.1. The minimum absolute atomic E-state index is 0.0871. The van der Waals surface area contributed by atoms with Crippen molar-refractivity contribution in [3.63, 3.8) is 0 Å². The Morgan fingerprint density at radius 3 is 2.29 bits per heavy atom. The molecule has 4 aromatic carbocycles. The Balaban J connectivity index is 1.41. The Morgan fingerprint density at radius 1 is 0.756 bits per heavy atom. The van der Waals surface area contributed by atoms with Crippen molar-refractivity contribution in [2.45, 2.75) is 13.2 Å². The van der Waals surface area contributed by atoms with Gasteiger partial charge in [0.2, 0.25) is 5.88 Å². The number of carbonyl (C=O) groups is 3. The van der Waals surface area contributed by atoms with E-state index in [2.05, 4.69) is 5.10 Å². The molecule has 1 aromatic heterocycles. The van der Waals surface area contributed by atoms with E-state index in [4.69, 9.17) is 18.9 Å². The van der Waals surface area contributed by atoms with Gasteiger partial charge in [-0.25, -0.2) is 14.4 Å².